The predicted octanol–water partition coefficient (Wildman–Crippen LogP) is 3.61. The maximum atomic E-state index is 12.9. The van der Waals surface area contributed by atoms with E-state index in [2.05, 4.69) is 34.0 Å². The molecule has 2 heterocycles. The fraction of sp³-hybridized carbons (Fsp3) is 0.450. The van der Waals surface area contributed by atoms with Gasteiger partial charge in [0.2, 0.25) is 5.95 Å². The molecule has 1 aromatic carbocycles. The Kier molecular flexibility index (Phi) is 6.16. The second kappa shape index (κ2) is 8.57. The molecule has 0 bridgehead atoms. The van der Waals surface area contributed by atoms with Crippen LogP contribution in [0.2, 0.25) is 5.02 Å². The van der Waals surface area contributed by atoms with Gasteiger partial charge < -0.3 is 15.1 Å². The molecule has 0 saturated carbocycles. The van der Waals surface area contributed by atoms with E-state index in [1.165, 1.54) is 0 Å². The third-order valence-corrected chi connectivity index (χ3v) is 5.04. The maximum absolute atomic E-state index is 12.9. The molecule has 2 aromatic rings. The van der Waals surface area contributed by atoms with Gasteiger partial charge in [-0.25, -0.2) is 9.97 Å². The predicted molar refractivity (Wildman–Crippen MR) is 110 cm³/mol. The van der Waals surface area contributed by atoms with Crippen molar-refractivity contribution in [2.75, 3.05) is 36.4 Å². The summed E-state index contributed by atoms with van der Waals surface area (Å²) in [5, 5.41) is 3.98. The van der Waals surface area contributed by atoms with Gasteiger partial charge in [0, 0.05) is 48.6 Å². The van der Waals surface area contributed by atoms with Gasteiger partial charge in [-0.15, -0.1) is 0 Å². The first-order chi connectivity index (χ1) is 13.0. The van der Waals surface area contributed by atoms with E-state index in [-0.39, 0.29) is 11.9 Å². The van der Waals surface area contributed by atoms with Gasteiger partial charge in [0.1, 0.15) is 5.69 Å². The first-order valence-corrected chi connectivity index (χ1v) is 9.76. The minimum Gasteiger partial charge on any atom is -0.368 e. The molecule has 0 aliphatic carbocycles. The number of piperazine rings is 1. The minimum absolute atomic E-state index is 0.0431. The van der Waals surface area contributed by atoms with Gasteiger partial charge in [-0.05, 0) is 44.5 Å². The zero-order valence-corrected chi connectivity index (χ0v) is 16.8. The van der Waals surface area contributed by atoms with E-state index in [1.807, 2.05) is 36.1 Å². The summed E-state index contributed by atoms with van der Waals surface area (Å²) < 4.78 is 0. The molecule has 0 spiro atoms. The van der Waals surface area contributed by atoms with Crippen LogP contribution < -0.4 is 10.2 Å². The molecule has 27 heavy (non-hydrogen) atoms. The van der Waals surface area contributed by atoms with E-state index in [9.17, 15) is 4.79 Å². The van der Waals surface area contributed by atoms with E-state index in [0.717, 1.165) is 35.9 Å². The molecule has 3 rings (SSSR count). The van der Waals surface area contributed by atoms with Gasteiger partial charge in [-0.1, -0.05) is 24.6 Å². The number of benzene rings is 1. The lowest BCUT2D eigenvalue weighted by molar-refractivity contribution is 0.0740. The number of aromatic nitrogens is 2. The van der Waals surface area contributed by atoms with Gasteiger partial charge in [0.05, 0.1) is 0 Å². The second-order valence-electron chi connectivity index (χ2n) is 6.93. The van der Waals surface area contributed by atoms with Crippen LogP contribution in [-0.2, 0) is 0 Å². The first-order valence-electron chi connectivity index (χ1n) is 9.38. The zero-order chi connectivity index (χ0) is 19.4. The van der Waals surface area contributed by atoms with Crippen molar-refractivity contribution in [2.24, 2.45) is 0 Å². The van der Waals surface area contributed by atoms with E-state index in [1.54, 1.807) is 6.07 Å². The number of nitrogens with one attached hydrogen (secondary N) is 1. The van der Waals surface area contributed by atoms with Gasteiger partial charge in [-0.3, -0.25) is 4.79 Å². The second-order valence-corrected chi connectivity index (χ2v) is 7.37. The number of rotatable bonds is 5. The molecule has 1 aliphatic rings. The Labute approximate surface area is 165 Å². The fourth-order valence-electron chi connectivity index (χ4n) is 3.07. The van der Waals surface area contributed by atoms with E-state index in [0.29, 0.717) is 24.7 Å². The molecule has 1 unspecified atom stereocenters. The summed E-state index contributed by atoms with van der Waals surface area (Å²) in [7, 11) is 0. The lowest BCUT2D eigenvalue weighted by Crippen LogP contribution is -2.49. The van der Waals surface area contributed by atoms with Crippen LogP contribution in [0.1, 0.15) is 36.5 Å². The molecule has 1 fully saturated rings. The van der Waals surface area contributed by atoms with Gasteiger partial charge in [0.15, 0.2) is 0 Å². The van der Waals surface area contributed by atoms with Gasteiger partial charge >= 0.3 is 0 Å². The number of anilines is 2. The number of hydrogen-bond acceptors (Lipinski definition) is 5. The molecule has 144 valence electrons. The average molecular weight is 388 g/mol. The molecule has 1 N–H and O–H groups in total. The van der Waals surface area contributed by atoms with Crippen molar-refractivity contribution in [3.05, 3.63) is 46.7 Å². The fourth-order valence-corrected chi connectivity index (χ4v) is 3.25. The number of halogens is 1. The van der Waals surface area contributed by atoms with Crippen LogP contribution in [0, 0.1) is 6.92 Å². The number of aryl methyl sites for hydroxylation is 1. The Morgan fingerprint density at radius 3 is 2.63 bits per heavy atom. The lowest BCUT2D eigenvalue weighted by Gasteiger charge is -2.36. The summed E-state index contributed by atoms with van der Waals surface area (Å²) in [5.74, 6) is 0.476. The minimum atomic E-state index is -0.0431. The Bertz CT molecular complexity index is 805. The molecule has 6 nitrogen and oxygen atoms in total. The first kappa shape index (κ1) is 19.4. The SMILES string of the molecule is CCC(C)Nc1nc(C)cc(C(=O)N2CCN(c3cccc(Cl)c3)CC2)n1. The number of nitrogens with zero attached hydrogens (tertiary/aromatic N) is 4. The maximum Gasteiger partial charge on any atom is 0.272 e. The highest BCUT2D eigenvalue weighted by Crippen LogP contribution is 2.21. The van der Waals surface area contributed by atoms with Crippen molar-refractivity contribution in [3.8, 4) is 0 Å². The van der Waals surface area contributed by atoms with Crippen molar-refractivity contribution in [1.82, 2.24) is 14.9 Å². The standard InChI is InChI=1S/C20H26ClN5O/c1-4-14(2)22-20-23-15(3)12-18(24-20)19(27)26-10-8-25(9-11-26)17-7-5-6-16(21)13-17/h5-7,12-14H,4,8-11H2,1-3H3,(H,22,23,24). The molecule has 0 radical (unpaired) electrons. The van der Waals surface area contributed by atoms with E-state index < -0.39 is 0 Å². The van der Waals surface area contributed by atoms with Crippen LogP contribution in [0.5, 0.6) is 0 Å². The number of hydrogen-bond donors (Lipinski definition) is 1. The molecule has 7 heteroatoms. The number of amides is 1. The highest BCUT2D eigenvalue weighted by atomic mass is 35.5. The molecular weight excluding hydrogens is 362 g/mol. The van der Waals surface area contributed by atoms with Crippen LogP contribution >= 0.6 is 11.6 Å². The largest absolute Gasteiger partial charge is 0.368 e. The lowest BCUT2D eigenvalue weighted by atomic mass is 10.2. The van der Waals surface area contributed by atoms with Crippen LogP contribution in [0.4, 0.5) is 11.6 Å². The Morgan fingerprint density at radius 2 is 1.96 bits per heavy atom. The Morgan fingerprint density at radius 1 is 1.22 bits per heavy atom. The molecule has 1 aliphatic heterocycles. The van der Waals surface area contributed by atoms with Crippen molar-refractivity contribution in [1.29, 1.82) is 0 Å². The van der Waals surface area contributed by atoms with Crippen LogP contribution in [0.15, 0.2) is 30.3 Å². The van der Waals surface area contributed by atoms with Crippen LogP contribution in [-0.4, -0.2) is 53.0 Å². The Hall–Kier alpha value is -2.34. The molecule has 1 atom stereocenters. The summed E-state index contributed by atoms with van der Waals surface area (Å²) >= 11 is 6.09. The summed E-state index contributed by atoms with van der Waals surface area (Å²) in [6.07, 6.45) is 0.964. The monoisotopic (exact) mass is 387 g/mol. The number of carbonyl (C=O) groups is 1. The van der Waals surface area contributed by atoms with Crippen molar-refractivity contribution in [2.45, 2.75) is 33.2 Å². The van der Waals surface area contributed by atoms with Crippen molar-refractivity contribution in [3.63, 3.8) is 0 Å². The smallest absolute Gasteiger partial charge is 0.272 e. The third kappa shape index (κ3) is 4.89. The molecular formula is C20H26ClN5O. The summed E-state index contributed by atoms with van der Waals surface area (Å²) in [4.78, 5) is 25.9. The van der Waals surface area contributed by atoms with Crippen LogP contribution in [0.25, 0.3) is 0 Å². The van der Waals surface area contributed by atoms with E-state index >= 15 is 0 Å². The van der Waals surface area contributed by atoms with Crippen molar-refractivity contribution < 1.29 is 4.79 Å². The molecule has 1 saturated heterocycles. The Balaban J connectivity index is 1.67. The topological polar surface area (TPSA) is 61.4 Å². The quantitative estimate of drug-likeness (QED) is 0.849. The van der Waals surface area contributed by atoms with Crippen LogP contribution in [0.3, 0.4) is 0 Å². The summed E-state index contributed by atoms with van der Waals surface area (Å²) in [6.45, 7) is 8.91. The summed E-state index contributed by atoms with van der Waals surface area (Å²) in [6, 6.07) is 9.84. The van der Waals surface area contributed by atoms with E-state index in [4.69, 9.17) is 11.6 Å². The highest BCUT2D eigenvalue weighted by molar-refractivity contribution is 6.30. The molecule has 1 amide bonds. The van der Waals surface area contributed by atoms with Gasteiger partial charge in [-0.2, -0.15) is 0 Å². The summed E-state index contributed by atoms with van der Waals surface area (Å²) in [5.41, 5.74) is 2.33. The molecule has 1 aromatic heterocycles. The van der Waals surface area contributed by atoms with Crippen molar-refractivity contribution >= 4 is 29.1 Å². The third-order valence-electron chi connectivity index (χ3n) is 4.80. The normalized spacial score (nSPS) is 15.6. The van der Waals surface area contributed by atoms with Gasteiger partial charge in [0.25, 0.3) is 5.91 Å². The highest BCUT2D eigenvalue weighted by Gasteiger charge is 2.24. The zero-order valence-electron chi connectivity index (χ0n) is 16.1. The average Bonchev–Trinajstić information content (AvgIpc) is 2.67. The number of carbonyl (C=O) groups excluding carboxylic acids is 1.